The van der Waals surface area contributed by atoms with Crippen molar-refractivity contribution in [2.24, 2.45) is 28.6 Å². The van der Waals surface area contributed by atoms with Crippen molar-refractivity contribution >= 4 is 31.8 Å². The normalized spacial score (nSPS) is 38.7. The van der Waals surface area contributed by atoms with Gasteiger partial charge in [-0.15, -0.1) is 0 Å². The van der Waals surface area contributed by atoms with Crippen molar-refractivity contribution in [3.05, 3.63) is 41.5 Å². The van der Waals surface area contributed by atoms with E-state index in [1.165, 1.54) is 17.6 Å². The topological polar surface area (TPSA) is 52.6 Å². The minimum absolute atomic E-state index is 0.00697. The summed E-state index contributed by atoms with van der Waals surface area (Å²) in [4.78, 5) is 25.0. The first kappa shape index (κ1) is 29.5. The van der Waals surface area contributed by atoms with Gasteiger partial charge in [0.2, 0.25) is 8.32 Å². The molecule has 7 atom stereocenters. The number of thioether (sulfide) groups is 1. The van der Waals surface area contributed by atoms with Gasteiger partial charge in [-0.25, -0.2) is 0 Å². The molecule has 4 nitrogen and oxygen atoms in total. The van der Waals surface area contributed by atoms with Crippen LogP contribution in [-0.2, 0) is 20.1 Å². The van der Waals surface area contributed by atoms with Gasteiger partial charge in [-0.05, 0) is 110 Å². The van der Waals surface area contributed by atoms with Crippen LogP contribution in [0, 0.1) is 28.6 Å². The Morgan fingerprint density at radius 2 is 1.68 bits per heavy atom. The molecule has 0 N–H and O–H groups in total. The van der Waals surface area contributed by atoms with Gasteiger partial charge in [-0.1, -0.05) is 52.3 Å². The molecule has 0 aromatic heterocycles. The molecular weight excluding hydrogens is 545 g/mol. The molecule has 6 rings (SSSR count). The molecule has 4 fully saturated rings. The number of esters is 1. The van der Waals surface area contributed by atoms with Gasteiger partial charge in [-0.2, -0.15) is 11.8 Å². The molecular formula is C35H50O4SSi. The summed E-state index contributed by atoms with van der Waals surface area (Å²) >= 11 is 2.10. The minimum Gasteiger partial charge on any atom is -0.544 e. The predicted octanol–water partition coefficient (Wildman–Crippen LogP) is 8.89. The third kappa shape index (κ3) is 4.78. The number of hydrogen-bond acceptors (Lipinski definition) is 5. The van der Waals surface area contributed by atoms with E-state index in [4.69, 9.17) is 9.16 Å². The second-order valence-electron chi connectivity index (χ2n) is 15.9. The van der Waals surface area contributed by atoms with E-state index in [2.05, 4.69) is 83.7 Å². The fourth-order valence-electron chi connectivity index (χ4n) is 9.27. The van der Waals surface area contributed by atoms with Crippen LogP contribution in [0.5, 0.6) is 5.75 Å². The van der Waals surface area contributed by atoms with Crippen molar-refractivity contribution in [2.45, 2.75) is 127 Å². The molecule has 0 bridgehead atoms. The molecule has 4 aliphatic carbocycles. The molecule has 1 saturated heterocycles. The second kappa shape index (κ2) is 10.0. The number of ketones is 1. The van der Waals surface area contributed by atoms with Crippen molar-refractivity contribution in [3.63, 3.8) is 0 Å². The number of allylic oxidation sites excluding steroid dienone is 1. The number of fused-ring (bicyclic) bond motifs is 6. The summed E-state index contributed by atoms with van der Waals surface area (Å²) in [5, 5.41) is 0.651. The van der Waals surface area contributed by atoms with E-state index in [1.54, 1.807) is 0 Å². The van der Waals surface area contributed by atoms with Gasteiger partial charge in [0.25, 0.3) is 0 Å². The number of carbonyl (C=O) groups excluding carboxylic acids is 2. The van der Waals surface area contributed by atoms with Crippen LogP contribution in [0.2, 0.25) is 18.1 Å². The van der Waals surface area contributed by atoms with E-state index >= 15 is 0 Å². The quantitative estimate of drug-likeness (QED) is 0.252. The summed E-state index contributed by atoms with van der Waals surface area (Å²) in [5.74, 6) is 4.03. The van der Waals surface area contributed by atoms with Gasteiger partial charge in [-0.3, -0.25) is 9.59 Å². The van der Waals surface area contributed by atoms with Gasteiger partial charge >= 0.3 is 5.97 Å². The van der Waals surface area contributed by atoms with Gasteiger partial charge in [0.05, 0.1) is 0 Å². The molecule has 1 aromatic rings. The molecule has 3 saturated carbocycles. The molecule has 0 amide bonds. The molecule has 224 valence electrons. The van der Waals surface area contributed by atoms with Gasteiger partial charge in [0.15, 0.2) is 5.78 Å². The van der Waals surface area contributed by atoms with Crippen LogP contribution in [-0.4, -0.2) is 30.9 Å². The molecule has 1 spiro atoms. The summed E-state index contributed by atoms with van der Waals surface area (Å²) in [6, 6.07) is 8.81. The zero-order chi connectivity index (χ0) is 29.4. The first-order valence-electron chi connectivity index (χ1n) is 16.0. The fraction of sp³-hybridized carbons (Fsp3) is 0.714. The molecule has 1 aromatic carbocycles. The largest absolute Gasteiger partial charge is 0.544 e. The monoisotopic (exact) mass is 594 g/mol. The Kier molecular flexibility index (Phi) is 7.21. The SMILES string of the molecule is CC(C)(C)[Si](C)(C)Oc1ccc(CS[C@@H]2CC3=CC(=O)CC[C@]3(C)[C@H]3CC[C@@]4(C)[C@@H](CC[C@@]45CCC(=O)O5)[C@H]23)cc1. The van der Waals surface area contributed by atoms with E-state index < -0.39 is 8.32 Å². The van der Waals surface area contributed by atoms with Gasteiger partial charge in [0.1, 0.15) is 11.4 Å². The zero-order valence-corrected chi connectivity index (χ0v) is 28.1. The van der Waals surface area contributed by atoms with Crippen LogP contribution in [0.25, 0.3) is 0 Å². The first-order chi connectivity index (χ1) is 19.2. The van der Waals surface area contributed by atoms with E-state index in [1.807, 2.05) is 6.08 Å². The third-order valence-electron chi connectivity index (χ3n) is 12.9. The van der Waals surface area contributed by atoms with E-state index in [9.17, 15) is 9.59 Å². The fourth-order valence-corrected chi connectivity index (χ4v) is 11.8. The lowest BCUT2D eigenvalue weighted by Gasteiger charge is -2.61. The highest BCUT2D eigenvalue weighted by molar-refractivity contribution is 7.99. The Hall–Kier alpha value is -1.53. The predicted molar refractivity (Wildman–Crippen MR) is 169 cm³/mol. The van der Waals surface area contributed by atoms with Crippen LogP contribution in [0.1, 0.15) is 98.0 Å². The molecule has 0 radical (unpaired) electrons. The molecule has 0 unspecified atom stereocenters. The smallest absolute Gasteiger partial charge is 0.306 e. The lowest BCUT2D eigenvalue weighted by Crippen LogP contribution is -2.57. The highest BCUT2D eigenvalue weighted by Gasteiger charge is 2.68. The van der Waals surface area contributed by atoms with Crippen LogP contribution in [0.15, 0.2) is 35.9 Å². The summed E-state index contributed by atoms with van der Waals surface area (Å²) in [5.41, 5.74) is 2.68. The van der Waals surface area contributed by atoms with Gasteiger partial charge in [0, 0.05) is 29.3 Å². The number of carbonyl (C=O) groups is 2. The lowest BCUT2D eigenvalue weighted by atomic mass is 9.46. The Balaban J connectivity index is 1.25. The first-order valence-corrected chi connectivity index (χ1v) is 20.0. The van der Waals surface area contributed by atoms with Crippen molar-refractivity contribution in [1.82, 2.24) is 0 Å². The number of rotatable bonds is 5. The van der Waals surface area contributed by atoms with Crippen LogP contribution < -0.4 is 4.43 Å². The third-order valence-corrected chi connectivity index (χ3v) is 18.6. The van der Waals surface area contributed by atoms with Crippen molar-refractivity contribution < 1.29 is 18.8 Å². The van der Waals surface area contributed by atoms with E-state index in [0.29, 0.717) is 41.6 Å². The Morgan fingerprint density at radius 3 is 2.34 bits per heavy atom. The number of benzene rings is 1. The van der Waals surface area contributed by atoms with Crippen molar-refractivity contribution in [1.29, 1.82) is 0 Å². The standard InChI is InChI=1S/C35H50O4SSi/c1-32(2,3)41(6,7)39-26-10-8-23(9-11-26)22-40-29-21-24-20-25(36)12-16-33(24,4)27-13-17-34(5)28(31(27)29)14-18-35(34)19-15-30(37)38-35/h8-11,20,27-29,31H,12-19,21-22H2,1-7H3/t27-,28-,29+,31+,33-,34-,35+/m0/s1. The summed E-state index contributed by atoms with van der Waals surface area (Å²) < 4.78 is 12.8. The molecule has 6 heteroatoms. The molecule has 1 heterocycles. The molecule has 41 heavy (non-hydrogen) atoms. The maximum atomic E-state index is 12.6. The Bertz CT molecular complexity index is 1250. The Morgan fingerprint density at radius 1 is 0.976 bits per heavy atom. The average molecular weight is 595 g/mol. The second-order valence-corrected chi connectivity index (χ2v) is 21.8. The van der Waals surface area contributed by atoms with E-state index in [0.717, 1.165) is 50.0 Å². The number of ether oxygens (including phenoxy) is 1. The lowest BCUT2D eigenvalue weighted by molar-refractivity contribution is -0.167. The maximum absolute atomic E-state index is 12.6. The molecule has 1 aliphatic heterocycles. The highest BCUT2D eigenvalue weighted by Crippen LogP contribution is 2.70. The average Bonchev–Trinajstić information content (AvgIpc) is 3.42. The Labute approximate surface area is 252 Å². The van der Waals surface area contributed by atoms with Crippen LogP contribution in [0.4, 0.5) is 0 Å². The van der Waals surface area contributed by atoms with E-state index in [-0.39, 0.29) is 27.4 Å². The summed E-state index contributed by atoms with van der Waals surface area (Å²) in [6.07, 6.45) is 10.7. The minimum atomic E-state index is -1.87. The van der Waals surface area contributed by atoms with Crippen LogP contribution >= 0.6 is 11.8 Å². The van der Waals surface area contributed by atoms with Crippen molar-refractivity contribution in [3.8, 4) is 5.75 Å². The summed E-state index contributed by atoms with van der Waals surface area (Å²) in [7, 11) is -1.87. The molecule has 5 aliphatic rings. The maximum Gasteiger partial charge on any atom is 0.306 e. The highest BCUT2D eigenvalue weighted by atomic mass is 32.2. The van der Waals surface area contributed by atoms with Crippen LogP contribution in [0.3, 0.4) is 0 Å². The summed E-state index contributed by atoms with van der Waals surface area (Å²) in [6.45, 7) is 16.4. The number of hydrogen-bond donors (Lipinski definition) is 0. The van der Waals surface area contributed by atoms with Gasteiger partial charge < -0.3 is 9.16 Å². The zero-order valence-electron chi connectivity index (χ0n) is 26.3. The van der Waals surface area contributed by atoms with Crippen molar-refractivity contribution in [2.75, 3.05) is 0 Å².